The molecule has 0 atom stereocenters. The summed E-state index contributed by atoms with van der Waals surface area (Å²) in [6.07, 6.45) is 3.87. The molecule has 0 aliphatic heterocycles. The van der Waals surface area contributed by atoms with Crippen LogP contribution in [0.3, 0.4) is 0 Å². The van der Waals surface area contributed by atoms with Gasteiger partial charge in [0.25, 0.3) is 0 Å². The minimum absolute atomic E-state index is 0.251. The van der Waals surface area contributed by atoms with E-state index < -0.39 is 0 Å². The first kappa shape index (κ1) is 10.3. The van der Waals surface area contributed by atoms with Crippen LogP contribution in [-0.2, 0) is 13.0 Å². The molecule has 2 heterocycles. The standard InChI is InChI=1S/C12H13N3O2/c1-8-5-9-10(3-2-4-11(9)16)15(8)6-12-13-7-17-14-12/h5,7H,2-4,6H2,1H3. The number of carbonyl (C=O) groups excluding carboxylic acids is 1. The van der Waals surface area contributed by atoms with E-state index in [4.69, 9.17) is 4.52 Å². The third-order valence-electron chi connectivity index (χ3n) is 3.24. The van der Waals surface area contributed by atoms with Crippen LogP contribution in [0.15, 0.2) is 17.0 Å². The molecule has 5 heteroatoms. The van der Waals surface area contributed by atoms with Crippen molar-refractivity contribution in [3.63, 3.8) is 0 Å². The van der Waals surface area contributed by atoms with Gasteiger partial charge >= 0.3 is 0 Å². The highest BCUT2D eigenvalue weighted by Crippen LogP contribution is 2.25. The van der Waals surface area contributed by atoms with Gasteiger partial charge < -0.3 is 9.09 Å². The Kier molecular flexibility index (Phi) is 2.31. The predicted molar refractivity (Wildman–Crippen MR) is 59.8 cm³/mol. The number of rotatable bonds is 2. The van der Waals surface area contributed by atoms with E-state index in [0.29, 0.717) is 18.8 Å². The van der Waals surface area contributed by atoms with Crippen molar-refractivity contribution in [2.24, 2.45) is 0 Å². The number of fused-ring (bicyclic) bond motifs is 1. The topological polar surface area (TPSA) is 60.9 Å². The average molecular weight is 231 g/mol. The third-order valence-corrected chi connectivity index (χ3v) is 3.24. The molecule has 3 rings (SSSR count). The van der Waals surface area contributed by atoms with Crippen LogP contribution < -0.4 is 0 Å². The summed E-state index contributed by atoms with van der Waals surface area (Å²) in [6, 6.07) is 1.97. The number of aryl methyl sites for hydroxylation is 1. The van der Waals surface area contributed by atoms with Crippen molar-refractivity contribution in [1.82, 2.24) is 14.7 Å². The van der Waals surface area contributed by atoms with Gasteiger partial charge in [-0.15, -0.1) is 0 Å². The maximum Gasteiger partial charge on any atom is 0.213 e. The molecule has 0 unspecified atom stereocenters. The van der Waals surface area contributed by atoms with Crippen molar-refractivity contribution in [3.8, 4) is 0 Å². The number of carbonyl (C=O) groups is 1. The zero-order valence-electron chi connectivity index (χ0n) is 9.64. The van der Waals surface area contributed by atoms with E-state index in [9.17, 15) is 4.79 Å². The van der Waals surface area contributed by atoms with Crippen molar-refractivity contribution in [2.75, 3.05) is 0 Å². The van der Waals surface area contributed by atoms with Crippen LogP contribution in [0.2, 0.25) is 0 Å². The molecular weight excluding hydrogens is 218 g/mol. The maximum atomic E-state index is 11.8. The van der Waals surface area contributed by atoms with Gasteiger partial charge in [0.2, 0.25) is 6.39 Å². The Morgan fingerprint density at radius 2 is 2.35 bits per heavy atom. The van der Waals surface area contributed by atoms with Crippen molar-refractivity contribution >= 4 is 5.78 Å². The third kappa shape index (κ3) is 1.67. The molecule has 0 fully saturated rings. The first-order valence-electron chi connectivity index (χ1n) is 5.73. The van der Waals surface area contributed by atoms with E-state index in [-0.39, 0.29) is 5.78 Å². The summed E-state index contributed by atoms with van der Waals surface area (Å²) >= 11 is 0. The van der Waals surface area contributed by atoms with Gasteiger partial charge in [0, 0.05) is 23.4 Å². The maximum absolute atomic E-state index is 11.8. The van der Waals surface area contributed by atoms with Crippen molar-refractivity contribution in [3.05, 3.63) is 35.2 Å². The molecule has 0 radical (unpaired) electrons. The second-order valence-corrected chi connectivity index (χ2v) is 4.36. The summed E-state index contributed by atoms with van der Waals surface area (Å²) in [4.78, 5) is 15.8. The highest BCUT2D eigenvalue weighted by Gasteiger charge is 2.22. The number of aromatic nitrogens is 3. The second kappa shape index (κ2) is 3.84. The molecule has 0 bridgehead atoms. The smallest absolute Gasteiger partial charge is 0.213 e. The van der Waals surface area contributed by atoms with Gasteiger partial charge in [-0.05, 0) is 25.8 Å². The van der Waals surface area contributed by atoms with Crippen LogP contribution in [0.5, 0.6) is 0 Å². The van der Waals surface area contributed by atoms with Gasteiger partial charge in [0.05, 0.1) is 6.54 Å². The first-order chi connectivity index (χ1) is 8.25. The first-order valence-corrected chi connectivity index (χ1v) is 5.73. The lowest BCUT2D eigenvalue weighted by Gasteiger charge is -2.14. The zero-order chi connectivity index (χ0) is 11.8. The Morgan fingerprint density at radius 1 is 1.47 bits per heavy atom. The van der Waals surface area contributed by atoms with Crippen molar-refractivity contribution in [1.29, 1.82) is 0 Å². The summed E-state index contributed by atoms with van der Waals surface area (Å²) in [5.41, 5.74) is 3.07. The van der Waals surface area contributed by atoms with E-state index in [0.717, 1.165) is 29.8 Å². The van der Waals surface area contributed by atoms with Crippen LogP contribution in [0, 0.1) is 6.92 Å². The minimum Gasteiger partial charge on any atom is -0.343 e. The Labute approximate surface area is 98.4 Å². The molecule has 0 aromatic carbocycles. The summed E-state index contributed by atoms with van der Waals surface area (Å²) < 4.78 is 6.84. The van der Waals surface area contributed by atoms with Crippen LogP contribution in [-0.4, -0.2) is 20.5 Å². The van der Waals surface area contributed by atoms with Gasteiger partial charge in [0.15, 0.2) is 11.6 Å². The number of ketones is 1. The molecule has 1 aliphatic carbocycles. The fraction of sp³-hybridized carbons (Fsp3) is 0.417. The molecule has 17 heavy (non-hydrogen) atoms. The molecule has 0 N–H and O–H groups in total. The Balaban J connectivity index is 2.02. The Morgan fingerprint density at radius 3 is 3.12 bits per heavy atom. The number of Topliss-reactive ketones (excluding diaryl/α,β-unsaturated/α-hetero) is 1. The molecule has 0 amide bonds. The quantitative estimate of drug-likeness (QED) is 0.790. The highest BCUT2D eigenvalue weighted by atomic mass is 16.5. The van der Waals surface area contributed by atoms with Gasteiger partial charge in [-0.1, -0.05) is 5.16 Å². The summed E-state index contributed by atoms with van der Waals surface area (Å²) in [6.45, 7) is 2.58. The van der Waals surface area contributed by atoms with Crippen LogP contribution in [0.25, 0.3) is 0 Å². The minimum atomic E-state index is 0.251. The average Bonchev–Trinajstić information content (AvgIpc) is 2.91. The molecule has 0 saturated carbocycles. The molecular formula is C12H13N3O2. The largest absolute Gasteiger partial charge is 0.343 e. The van der Waals surface area contributed by atoms with E-state index in [1.165, 1.54) is 6.39 Å². The molecule has 0 spiro atoms. The summed E-state index contributed by atoms with van der Waals surface area (Å²) in [5, 5.41) is 3.81. The summed E-state index contributed by atoms with van der Waals surface area (Å²) in [5.74, 6) is 0.894. The Hall–Kier alpha value is -1.91. The molecule has 88 valence electrons. The molecule has 2 aromatic heterocycles. The normalized spacial score (nSPS) is 15.0. The van der Waals surface area contributed by atoms with Crippen LogP contribution >= 0.6 is 0 Å². The van der Waals surface area contributed by atoms with Crippen LogP contribution in [0.1, 0.15) is 40.4 Å². The lowest BCUT2D eigenvalue weighted by Crippen LogP contribution is -2.14. The van der Waals surface area contributed by atoms with E-state index >= 15 is 0 Å². The second-order valence-electron chi connectivity index (χ2n) is 4.36. The van der Waals surface area contributed by atoms with Gasteiger partial charge in [-0.3, -0.25) is 4.79 Å². The monoisotopic (exact) mass is 231 g/mol. The van der Waals surface area contributed by atoms with E-state index in [2.05, 4.69) is 14.7 Å². The van der Waals surface area contributed by atoms with Crippen molar-refractivity contribution < 1.29 is 9.32 Å². The molecule has 1 aliphatic rings. The molecule has 5 nitrogen and oxygen atoms in total. The van der Waals surface area contributed by atoms with Gasteiger partial charge in [-0.25, -0.2) is 0 Å². The lowest BCUT2D eigenvalue weighted by molar-refractivity contribution is 0.0972. The number of hydrogen-bond donors (Lipinski definition) is 0. The fourth-order valence-electron chi connectivity index (χ4n) is 2.41. The SMILES string of the molecule is Cc1cc2c(n1Cc1ncon1)CCCC2=O. The zero-order valence-corrected chi connectivity index (χ0v) is 9.64. The summed E-state index contributed by atoms with van der Waals surface area (Å²) in [7, 11) is 0. The molecule has 0 saturated heterocycles. The lowest BCUT2D eigenvalue weighted by atomic mass is 9.97. The van der Waals surface area contributed by atoms with Gasteiger partial charge in [0.1, 0.15) is 0 Å². The van der Waals surface area contributed by atoms with E-state index in [1.54, 1.807) is 0 Å². The number of hydrogen-bond acceptors (Lipinski definition) is 4. The predicted octanol–water partition coefficient (Wildman–Crippen LogP) is 1.75. The Bertz CT molecular complexity index is 555. The fourth-order valence-corrected chi connectivity index (χ4v) is 2.41. The van der Waals surface area contributed by atoms with Crippen molar-refractivity contribution in [2.45, 2.75) is 32.7 Å². The highest BCUT2D eigenvalue weighted by molar-refractivity contribution is 5.98. The van der Waals surface area contributed by atoms with E-state index in [1.807, 2.05) is 13.0 Å². The number of nitrogens with zero attached hydrogens (tertiary/aromatic N) is 3. The van der Waals surface area contributed by atoms with Gasteiger partial charge in [-0.2, -0.15) is 4.98 Å². The molecule has 2 aromatic rings. The van der Waals surface area contributed by atoms with Crippen LogP contribution in [0.4, 0.5) is 0 Å².